The van der Waals surface area contributed by atoms with Gasteiger partial charge in [0.1, 0.15) is 25.4 Å². The van der Waals surface area contributed by atoms with Gasteiger partial charge in [0.05, 0.1) is 26.4 Å². The van der Waals surface area contributed by atoms with Crippen LogP contribution in [0.1, 0.15) is 265 Å². The fourth-order valence-electron chi connectivity index (χ4n) is 9.16. The monoisotopic (exact) mass is 1400 g/mol. The first-order valence-corrected chi connectivity index (χ1v) is 39.8. The molecule has 0 fully saturated rings. The van der Waals surface area contributed by atoms with Gasteiger partial charge in [-0.05, 0) is 148 Å². The van der Waals surface area contributed by atoms with Crippen LogP contribution in [0.15, 0.2) is 158 Å². The van der Waals surface area contributed by atoms with Crippen molar-refractivity contribution in [2.24, 2.45) is 0 Å². The maximum Gasteiger partial charge on any atom is 0.472 e. The summed E-state index contributed by atoms with van der Waals surface area (Å²) in [7, 11) is -9.81. The van der Waals surface area contributed by atoms with E-state index in [0.29, 0.717) is 19.3 Å². The van der Waals surface area contributed by atoms with Gasteiger partial charge < -0.3 is 34.2 Å². The highest BCUT2D eigenvalue weighted by Crippen LogP contribution is 2.45. The average Bonchev–Trinajstić information content (AvgIpc) is 2.50. The minimum atomic E-state index is -4.95. The van der Waals surface area contributed by atoms with Crippen molar-refractivity contribution in [2.45, 2.75) is 283 Å². The van der Waals surface area contributed by atoms with Gasteiger partial charge in [0.2, 0.25) is 0 Å². The second-order valence-corrected chi connectivity index (χ2v) is 26.9. The summed E-state index contributed by atoms with van der Waals surface area (Å²) in [5.74, 6) is -1.64. The molecule has 0 aromatic carbocycles. The predicted molar refractivity (Wildman–Crippen MR) is 399 cm³/mol. The normalized spacial score (nSPS) is 15.0. The smallest absolute Gasteiger partial charge is 0.463 e. The molecule has 552 valence electrons. The third-order valence-electron chi connectivity index (χ3n) is 14.7. The molecule has 16 nitrogen and oxygen atoms in total. The molecule has 0 spiro atoms. The summed E-state index contributed by atoms with van der Waals surface area (Å²) < 4.78 is 61.0. The SMILES string of the molecule is CC/C=C\C/C=C\C/C=C\C/C=C\C/C=C\C/C=C\CCCCCCCCC(=O)OCC(O)COP(=O)(O)OCC(O)COP(=O)(O)OCC(COC(=O)CCCCCCCC/C=C\C/C=C\C/C=C\CCCCC)OC(=O)CCCCCC/C=C\C/C=C\C/C=C\C/C=C\CC. The number of unbranched alkanes of at least 4 members (excludes halogenated alkanes) is 19. The first kappa shape index (κ1) is 92.2. The first-order chi connectivity index (χ1) is 47.2. The van der Waals surface area contributed by atoms with Crippen molar-refractivity contribution in [3.05, 3.63) is 158 Å². The molecule has 0 radical (unpaired) electrons. The Balaban J connectivity index is 4.69. The van der Waals surface area contributed by atoms with Crippen LogP contribution in [0.25, 0.3) is 0 Å². The summed E-state index contributed by atoms with van der Waals surface area (Å²) in [5.41, 5.74) is 0. The summed E-state index contributed by atoms with van der Waals surface area (Å²) in [4.78, 5) is 58.5. The molecule has 0 aliphatic heterocycles. The highest BCUT2D eigenvalue weighted by atomic mass is 31.2. The Bertz CT molecular complexity index is 2400. The Morgan fingerprint density at radius 2 is 0.546 bits per heavy atom. The number of carbonyl (C=O) groups excluding carboxylic acids is 3. The van der Waals surface area contributed by atoms with Crippen LogP contribution in [0.5, 0.6) is 0 Å². The van der Waals surface area contributed by atoms with E-state index in [2.05, 4.69) is 179 Å². The Morgan fingerprint density at radius 3 is 0.866 bits per heavy atom. The van der Waals surface area contributed by atoms with Gasteiger partial charge in [0.15, 0.2) is 6.10 Å². The van der Waals surface area contributed by atoms with Gasteiger partial charge in [-0.2, -0.15) is 0 Å². The van der Waals surface area contributed by atoms with E-state index in [1.54, 1.807) is 0 Å². The number of rotatable bonds is 68. The molecule has 0 aliphatic carbocycles. The number of carbonyl (C=O) groups is 3. The molecule has 0 bridgehead atoms. The van der Waals surface area contributed by atoms with Crippen LogP contribution in [0, 0.1) is 0 Å². The Morgan fingerprint density at radius 1 is 0.299 bits per heavy atom. The molecule has 0 saturated heterocycles. The third kappa shape index (κ3) is 72.2. The van der Waals surface area contributed by atoms with Gasteiger partial charge in [-0.25, -0.2) is 9.13 Å². The van der Waals surface area contributed by atoms with E-state index in [9.17, 15) is 43.5 Å². The standard InChI is InChI=1S/C79H130O16P2/c1-4-7-10-13-16-19-22-25-28-31-33-34-35-36-37-38-40-43-44-47-50-53-56-59-62-65-77(82)89-68-74(80)69-91-96(85,86)92-70-75(81)71-93-97(87,88)94-73-76(95-79(84)67-64-61-58-55-52-49-46-41-30-27-24-21-18-15-12-9-6-3)72-90-78(83)66-63-60-57-54-51-48-45-42-39-32-29-26-23-20-17-14-11-8-5-2/h7,9-10,12,16-21,25-30,33-34,36-37,39-40,42-43,46,49,74-76,80-81H,4-6,8,11,13-15,22-24,31-32,35,38,41,44-45,47-48,50-73H2,1-3H3,(H,85,86)(H,87,88)/b10-7-,12-9-,19-16-,20-17-,21-18-,28-25-,29-26-,30-27-,34-33-,37-36-,42-39-,43-40-,49-46-. The molecular formula is C79H130O16P2. The predicted octanol–water partition coefficient (Wildman–Crippen LogP) is 21.1. The number of hydrogen-bond donors (Lipinski definition) is 4. The quantitative estimate of drug-likeness (QED) is 0.0146. The van der Waals surface area contributed by atoms with E-state index < -0.39 is 91.5 Å². The topological polar surface area (TPSA) is 231 Å². The minimum Gasteiger partial charge on any atom is -0.463 e. The van der Waals surface area contributed by atoms with Gasteiger partial charge in [-0.15, -0.1) is 0 Å². The zero-order chi connectivity index (χ0) is 70.9. The fraction of sp³-hybridized carbons (Fsp3) is 0.633. The number of ether oxygens (including phenoxy) is 3. The molecule has 18 heteroatoms. The van der Waals surface area contributed by atoms with Gasteiger partial charge in [0, 0.05) is 19.3 Å². The average molecular weight is 1400 g/mol. The molecule has 5 atom stereocenters. The van der Waals surface area contributed by atoms with Crippen LogP contribution in [-0.4, -0.2) is 95.9 Å². The van der Waals surface area contributed by atoms with E-state index in [1.807, 2.05) is 0 Å². The molecule has 0 heterocycles. The highest BCUT2D eigenvalue weighted by Gasteiger charge is 2.29. The van der Waals surface area contributed by atoms with Gasteiger partial charge in [-0.1, -0.05) is 256 Å². The number of hydrogen-bond acceptors (Lipinski definition) is 14. The largest absolute Gasteiger partial charge is 0.472 e. The Kier molecular flexibility index (Phi) is 67.5. The second-order valence-electron chi connectivity index (χ2n) is 24.0. The lowest BCUT2D eigenvalue weighted by Gasteiger charge is -2.21. The number of aliphatic hydroxyl groups is 2. The molecule has 0 saturated carbocycles. The fourth-order valence-corrected chi connectivity index (χ4v) is 10.7. The summed E-state index contributed by atoms with van der Waals surface area (Å²) in [6.45, 7) is 2.34. The van der Waals surface area contributed by atoms with Gasteiger partial charge in [-0.3, -0.25) is 32.5 Å². The lowest BCUT2D eigenvalue weighted by Crippen LogP contribution is -2.30. The van der Waals surface area contributed by atoms with Crippen molar-refractivity contribution in [2.75, 3.05) is 39.6 Å². The molecule has 5 unspecified atom stereocenters. The summed E-state index contributed by atoms with van der Waals surface area (Å²) in [5, 5.41) is 20.6. The molecule has 97 heavy (non-hydrogen) atoms. The Hall–Kier alpha value is -4.83. The molecule has 4 N–H and O–H groups in total. The van der Waals surface area contributed by atoms with E-state index in [-0.39, 0.29) is 19.3 Å². The van der Waals surface area contributed by atoms with Crippen LogP contribution in [0.2, 0.25) is 0 Å². The number of esters is 3. The van der Waals surface area contributed by atoms with Crippen molar-refractivity contribution < 1.29 is 75.8 Å². The van der Waals surface area contributed by atoms with Crippen LogP contribution < -0.4 is 0 Å². The summed E-state index contributed by atoms with van der Waals surface area (Å²) in [6.07, 6.45) is 87.1. The zero-order valence-electron chi connectivity index (χ0n) is 59.9. The highest BCUT2D eigenvalue weighted by molar-refractivity contribution is 7.47. The van der Waals surface area contributed by atoms with Gasteiger partial charge >= 0.3 is 33.6 Å². The second kappa shape index (κ2) is 71.0. The van der Waals surface area contributed by atoms with E-state index in [1.165, 1.54) is 19.3 Å². The molecule has 0 aliphatic rings. The number of phosphoric ester groups is 2. The lowest BCUT2D eigenvalue weighted by molar-refractivity contribution is -0.161. The van der Waals surface area contributed by atoms with Gasteiger partial charge in [0.25, 0.3) is 0 Å². The van der Waals surface area contributed by atoms with E-state index in [4.69, 9.17) is 32.3 Å². The van der Waals surface area contributed by atoms with Crippen LogP contribution in [0.3, 0.4) is 0 Å². The molecular weight excluding hydrogens is 1270 g/mol. The van der Waals surface area contributed by atoms with Crippen molar-refractivity contribution in [1.82, 2.24) is 0 Å². The number of aliphatic hydroxyl groups excluding tert-OH is 2. The first-order valence-electron chi connectivity index (χ1n) is 36.8. The van der Waals surface area contributed by atoms with Crippen molar-refractivity contribution in [3.63, 3.8) is 0 Å². The van der Waals surface area contributed by atoms with Crippen molar-refractivity contribution in [1.29, 1.82) is 0 Å². The maximum atomic E-state index is 13.0. The number of allylic oxidation sites excluding steroid dienone is 26. The Labute approximate surface area is 587 Å². The maximum absolute atomic E-state index is 13.0. The lowest BCUT2D eigenvalue weighted by atomic mass is 10.1. The van der Waals surface area contributed by atoms with E-state index >= 15 is 0 Å². The molecule has 0 rings (SSSR count). The zero-order valence-corrected chi connectivity index (χ0v) is 61.7. The van der Waals surface area contributed by atoms with Crippen LogP contribution in [0.4, 0.5) is 0 Å². The summed E-state index contributed by atoms with van der Waals surface area (Å²) >= 11 is 0. The number of phosphoric acid groups is 2. The molecule has 0 aromatic heterocycles. The molecule has 0 amide bonds. The van der Waals surface area contributed by atoms with Crippen LogP contribution in [-0.2, 0) is 55.8 Å². The van der Waals surface area contributed by atoms with Crippen molar-refractivity contribution >= 4 is 33.6 Å². The van der Waals surface area contributed by atoms with E-state index in [0.717, 1.165) is 186 Å². The van der Waals surface area contributed by atoms with Crippen LogP contribution >= 0.6 is 15.6 Å². The van der Waals surface area contributed by atoms with Crippen molar-refractivity contribution in [3.8, 4) is 0 Å². The minimum absolute atomic E-state index is 0.0680. The third-order valence-corrected chi connectivity index (χ3v) is 16.6. The summed E-state index contributed by atoms with van der Waals surface area (Å²) in [6, 6.07) is 0. The molecule has 0 aromatic rings.